The van der Waals surface area contributed by atoms with E-state index in [9.17, 15) is 0 Å². The summed E-state index contributed by atoms with van der Waals surface area (Å²) in [6.45, 7) is 8.82. The van der Waals surface area contributed by atoms with Gasteiger partial charge in [0.15, 0.2) is 0 Å². The predicted molar refractivity (Wildman–Crippen MR) is 317 cm³/mol. The molecule has 12 aromatic rings. The van der Waals surface area contributed by atoms with Gasteiger partial charge in [-0.1, -0.05) is 182 Å². The van der Waals surface area contributed by atoms with E-state index >= 15 is 0 Å². The summed E-state index contributed by atoms with van der Waals surface area (Å²) < 4.78 is 0. The van der Waals surface area contributed by atoms with Crippen LogP contribution >= 0.6 is 0 Å². The van der Waals surface area contributed by atoms with Gasteiger partial charge in [-0.3, -0.25) is 0 Å². The Hall–Kier alpha value is -9.24. The first-order chi connectivity index (χ1) is 36.8. The van der Waals surface area contributed by atoms with Gasteiger partial charge in [-0.25, -0.2) is 0 Å². The molecule has 0 radical (unpaired) electrons. The van der Waals surface area contributed by atoms with Crippen LogP contribution < -0.4 is 9.80 Å². The molecule has 0 N–H and O–H groups in total. The van der Waals surface area contributed by atoms with E-state index in [0.717, 1.165) is 34.1 Å². The van der Waals surface area contributed by atoms with Gasteiger partial charge in [0.2, 0.25) is 0 Å². The first-order valence-electron chi connectivity index (χ1n) is 26.2. The summed E-state index contributed by atoms with van der Waals surface area (Å²) in [4.78, 5) is 4.94. The highest BCUT2D eigenvalue weighted by molar-refractivity contribution is 6.21. The van der Waals surface area contributed by atoms with E-state index in [1.807, 2.05) is 0 Å². The second-order valence-electron chi connectivity index (χ2n) is 20.8. The van der Waals surface area contributed by atoms with Crippen molar-refractivity contribution in [3.63, 3.8) is 0 Å². The summed E-state index contributed by atoms with van der Waals surface area (Å²) in [5.41, 5.74) is 26.3. The highest BCUT2D eigenvalue weighted by Crippen LogP contribution is 2.66. The van der Waals surface area contributed by atoms with Crippen LogP contribution in [0, 0.1) is 27.7 Å². The lowest BCUT2D eigenvalue weighted by Crippen LogP contribution is -2.26. The van der Waals surface area contributed by atoms with Crippen molar-refractivity contribution in [2.45, 2.75) is 33.1 Å². The van der Waals surface area contributed by atoms with Crippen molar-refractivity contribution in [3.8, 4) is 44.5 Å². The predicted octanol–water partition coefficient (Wildman–Crippen LogP) is 19.8. The summed E-state index contributed by atoms with van der Waals surface area (Å²) in [6, 6.07) is 95.6. The molecular formula is C73H54N2. The average molecular weight is 959 g/mol. The molecule has 2 aliphatic rings. The van der Waals surface area contributed by atoms with Gasteiger partial charge in [-0.15, -0.1) is 0 Å². The van der Waals surface area contributed by atoms with Crippen molar-refractivity contribution in [1.29, 1.82) is 0 Å². The molecule has 0 fully saturated rings. The first kappa shape index (κ1) is 44.5. The highest BCUT2D eigenvalue weighted by Gasteiger charge is 2.53. The Morgan fingerprint density at radius 2 is 0.693 bits per heavy atom. The third kappa shape index (κ3) is 7.08. The molecule has 0 saturated carbocycles. The SMILES string of the molecule is Cc1cc(C)cc(N(c2cccc(-c3ccccc3)c2)c2ccc3c(c2)C2(c4ccccc4-c4ccccc42)c2c-3c3ccccc3c3cc(N(c4cc(C)cc(C)c4)c4cccc(-c5ccccc5)c4)ccc23)c1. The number of aryl methyl sites for hydroxylation is 4. The Kier molecular flexibility index (Phi) is 10.4. The van der Waals surface area contributed by atoms with Crippen LogP contribution in [0.25, 0.3) is 66.1 Å². The standard InChI is InChI=1S/C73H54N2/c1-47-37-48(2)40-59(39-47)74(55-25-17-23-53(43-55)51-19-7-5-8-20-51)57-33-35-65-67(45-57)61-27-11-12-30-64(61)71-66-36-34-58(46-70(66)73(72(65)71)68-31-15-13-28-62(68)63-29-14-16-32-69(63)73)75(60-41-49(3)38-50(4)42-60)56-26-18-24-54(44-56)52-21-9-6-10-22-52/h5-46H,1-4H3. The second kappa shape index (κ2) is 17.5. The molecular weight excluding hydrogens is 905 g/mol. The third-order valence-electron chi connectivity index (χ3n) is 15.9. The highest BCUT2D eigenvalue weighted by atomic mass is 15.1. The van der Waals surface area contributed by atoms with Crippen LogP contribution in [0.2, 0.25) is 0 Å². The van der Waals surface area contributed by atoms with Gasteiger partial charge in [-0.2, -0.15) is 0 Å². The van der Waals surface area contributed by atoms with Crippen molar-refractivity contribution in [1.82, 2.24) is 0 Å². The molecule has 14 rings (SSSR count). The Morgan fingerprint density at radius 1 is 0.253 bits per heavy atom. The first-order valence-corrected chi connectivity index (χ1v) is 26.2. The van der Waals surface area contributed by atoms with E-state index in [1.54, 1.807) is 0 Å². The number of anilines is 6. The quantitative estimate of drug-likeness (QED) is 0.140. The van der Waals surface area contributed by atoms with E-state index in [4.69, 9.17) is 0 Å². The molecule has 0 unspecified atom stereocenters. The lowest BCUT2D eigenvalue weighted by atomic mass is 9.69. The van der Waals surface area contributed by atoms with Gasteiger partial charge in [0.25, 0.3) is 0 Å². The van der Waals surface area contributed by atoms with Gasteiger partial charge in [-0.05, 0) is 211 Å². The lowest BCUT2D eigenvalue weighted by Gasteiger charge is -2.33. The van der Waals surface area contributed by atoms with Crippen LogP contribution in [0.3, 0.4) is 0 Å². The van der Waals surface area contributed by atoms with Crippen LogP contribution in [0.15, 0.2) is 255 Å². The smallest absolute Gasteiger partial charge is 0.0732 e. The molecule has 356 valence electrons. The molecule has 2 aliphatic carbocycles. The van der Waals surface area contributed by atoms with Crippen LogP contribution in [0.4, 0.5) is 34.1 Å². The molecule has 2 nitrogen and oxygen atoms in total. The van der Waals surface area contributed by atoms with Crippen molar-refractivity contribution in [2.24, 2.45) is 0 Å². The number of rotatable bonds is 8. The molecule has 0 atom stereocenters. The van der Waals surface area contributed by atoms with Crippen LogP contribution in [0.1, 0.15) is 44.5 Å². The largest absolute Gasteiger partial charge is 0.310 e. The molecule has 0 bridgehead atoms. The molecule has 2 heteroatoms. The van der Waals surface area contributed by atoms with Crippen LogP contribution in [-0.2, 0) is 5.41 Å². The van der Waals surface area contributed by atoms with Crippen LogP contribution in [0.5, 0.6) is 0 Å². The Labute approximate surface area is 440 Å². The Bertz CT molecular complexity index is 4160. The topological polar surface area (TPSA) is 6.48 Å². The molecule has 0 aliphatic heterocycles. The zero-order valence-electron chi connectivity index (χ0n) is 42.6. The van der Waals surface area contributed by atoms with Crippen molar-refractivity contribution in [3.05, 3.63) is 299 Å². The van der Waals surface area contributed by atoms with Crippen molar-refractivity contribution >= 4 is 55.7 Å². The number of nitrogens with zero attached hydrogens (tertiary/aromatic N) is 2. The minimum absolute atomic E-state index is 0.630. The summed E-state index contributed by atoms with van der Waals surface area (Å²) in [5.74, 6) is 0. The minimum atomic E-state index is -0.630. The summed E-state index contributed by atoms with van der Waals surface area (Å²) in [6.07, 6.45) is 0. The second-order valence-corrected chi connectivity index (χ2v) is 20.8. The maximum Gasteiger partial charge on any atom is 0.0732 e. The van der Waals surface area contributed by atoms with Gasteiger partial charge in [0.1, 0.15) is 0 Å². The summed E-state index contributed by atoms with van der Waals surface area (Å²) in [5, 5.41) is 5.00. The molecule has 0 saturated heterocycles. The van der Waals surface area contributed by atoms with E-state index in [-0.39, 0.29) is 0 Å². The zero-order valence-corrected chi connectivity index (χ0v) is 42.6. The fraction of sp³-hybridized carbons (Fsp3) is 0.0685. The van der Waals surface area contributed by atoms with Crippen molar-refractivity contribution in [2.75, 3.05) is 9.80 Å². The van der Waals surface area contributed by atoms with Gasteiger partial charge < -0.3 is 9.80 Å². The average Bonchev–Trinajstić information content (AvgIpc) is 3.98. The Morgan fingerprint density at radius 3 is 1.24 bits per heavy atom. The van der Waals surface area contributed by atoms with E-state index in [2.05, 4.69) is 292 Å². The fourth-order valence-electron chi connectivity index (χ4n) is 13.1. The third-order valence-corrected chi connectivity index (χ3v) is 15.9. The maximum atomic E-state index is 2.54. The number of benzene rings is 12. The van der Waals surface area contributed by atoms with E-state index in [1.165, 1.54) is 111 Å². The number of fused-ring (bicyclic) bond motifs is 15. The molecule has 1 spiro atoms. The van der Waals surface area contributed by atoms with Gasteiger partial charge >= 0.3 is 0 Å². The monoisotopic (exact) mass is 958 g/mol. The normalized spacial score (nSPS) is 12.6. The maximum absolute atomic E-state index is 2.54. The molecule has 75 heavy (non-hydrogen) atoms. The lowest BCUT2D eigenvalue weighted by molar-refractivity contribution is 0.801. The molecule has 0 heterocycles. The summed E-state index contributed by atoms with van der Waals surface area (Å²) in [7, 11) is 0. The van der Waals surface area contributed by atoms with Gasteiger partial charge in [0, 0.05) is 34.1 Å². The molecule has 0 aromatic heterocycles. The van der Waals surface area contributed by atoms with E-state index in [0.29, 0.717) is 0 Å². The number of hydrogen-bond acceptors (Lipinski definition) is 2. The number of hydrogen-bond donors (Lipinski definition) is 0. The van der Waals surface area contributed by atoms with Crippen LogP contribution in [-0.4, -0.2) is 0 Å². The van der Waals surface area contributed by atoms with Gasteiger partial charge in [0.05, 0.1) is 5.41 Å². The summed E-state index contributed by atoms with van der Waals surface area (Å²) >= 11 is 0. The Balaban J connectivity index is 1.05. The molecule has 0 amide bonds. The zero-order chi connectivity index (χ0) is 50.4. The fourth-order valence-corrected chi connectivity index (χ4v) is 13.1. The minimum Gasteiger partial charge on any atom is -0.310 e. The van der Waals surface area contributed by atoms with Crippen molar-refractivity contribution < 1.29 is 0 Å². The molecule has 12 aromatic carbocycles. The van der Waals surface area contributed by atoms with E-state index < -0.39 is 5.41 Å².